The van der Waals surface area contributed by atoms with Gasteiger partial charge in [0.25, 0.3) is 0 Å². The molecule has 1 aromatic carbocycles. The lowest BCUT2D eigenvalue weighted by atomic mass is 9.60. The Morgan fingerprint density at radius 3 is 2.55 bits per heavy atom. The first-order chi connectivity index (χ1) is 14.7. The molecule has 2 amide bonds. The number of carbonyl (C=O) groups excluding carboxylic acids is 2. The Balaban J connectivity index is 1.67. The molecule has 1 heterocycles. The first-order valence-electron chi connectivity index (χ1n) is 10.6. The summed E-state index contributed by atoms with van der Waals surface area (Å²) in [4.78, 5) is 32.5. The summed E-state index contributed by atoms with van der Waals surface area (Å²) >= 11 is 0. The second-order valence-electron chi connectivity index (χ2n) is 9.04. The molecule has 7 nitrogen and oxygen atoms in total. The van der Waals surface area contributed by atoms with E-state index in [-0.39, 0.29) is 23.9 Å². The van der Waals surface area contributed by atoms with Gasteiger partial charge in [-0.3, -0.25) is 9.59 Å². The largest absolute Gasteiger partial charge is 0.396 e. The van der Waals surface area contributed by atoms with E-state index in [9.17, 15) is 28.6 Å². The summed E-state index contributed by atoms with van der Waals surface area (Å²) in [6, 6.07) is 2.67. The highest BCUT2D eigenvalue weighted by atomic mass is 19.1. The molecule has 0 unspecified atom stereocenters. The van der Waals surface area contributed by atoms with Crippen LogP contribution in [0.2, 0.25) is 0 Å². The van der Waals surface area contributed by atoms with Gasteiger partial charge in [-0.2, -0.15) is 0 Å². The fourth-order valence-electron chi connectivity index (χ4n) is 5.14. The normalized spacial score (nSPS) is 34.3. The van der Waals surface area contributed by atoms with Crippen molar-refractivity contribution in [2.75, 3.05) is 11.5 Å². The van der Waals surface area contributed by atoms with E-state index in [1.807, 2.05) is 13.8 Å². The molecule has 1 saturated heterocycles. The molecular formula is C22H26F2N2O5. The van der Waals surface area contributed by atoms with E-state index in [2.05, 4.69) is 5.16 Å². The number of aliphatic hydroxyl groups is 2. The topological polar surface area (TPSA) is 99.4 Å². The van der Waals surface area contributed by atoms with Crippen LogP contribution in [0.3, 0.4) is 0 Å². The van der Waals surface area contributed by atoms with Crippen LogP contribution in [0.4, 0.5) is 14.5 Å². The third-order valence-electron chi connectivity index (χ3n) is 6.52. The van der Waals surface area contributed by atoms with Gasteiger partial charge >= 0.3 is 0 Å². The summed E-state index contributed by atoms with van der Waals surface area (Å²) in [5.74, 6) is -5.52. The van der Waals surface area contributed by atoms with E-state index in [1.165, 1.54) is 0 Å². The second-order valence-corrected chi connectivity index (χ2v) is 9.04. The van der Waals surface area contributed by atoms with Gasteiger partial charge in [-0.25, -0.2) is 13.7 Å². The van der Waals surface area contributed by atoms with Gasteiger partial charge in [0.05, 0.1) is 35.4 Å². The molecule has 2 saturated carbocycles. The predicted molar refractivity (Wildman–Crippen MR) is 107 cm³/mol. The highest BCUT2D eigenvalue weighted by molar-refractivity contribution is 6.22. The van der Waals surface area contributed by atoms with Gasteiger partial charge in [0.2, 0.25) is 11.8 Å². The SMILES string of the molecule is CC(C)CO/N=C1\C[C@@H](O)[C@@H](O)[C@@H]2[C@@H]3C(=O)N(c4ccc(F)cc4F)C(=O)[C@@H]3CC[C@@H]12. The number of hydrogen-bond acceptors (Lipinski definition) is 6. The summed E-state index contributed by atoms with van der Waals surface area (Å²) in [6.45, 7) is 4.33. The van der Waals surface area contributed by atoms with Gasteiger partial charge in [-0.15, -0.1) is 0 Å². The minimum absolute atomic E-state index is 0.121. The first-order valence-corrected chi connectivity index (χ1v) is 10.6. The molecule has 0 bridgehead atoms. The lowest BCUT2D eigenvalue weighted by Gasteiger charge is -2.45. The van der Waals surface area contributed by atoms with Gasteiger partial charge < -0.3 is 15.1 Å². The lowest BCUT2D eigenvalue weighted by molar-refractivity contribution is -0.132. The van der Waals surface area contributed by atoms with Crippen LogP contribution in [0.5, 0.6) is 0 Å². The number of carbonyl (C=O) groups is 2. The van der Waals surface area contributed by atoms with Gasteiger partial charge in [0.15, 0.2) is 0 Å². The molecule has 4 rings (SSSR count). The molecule has 1 aromatic rings. The average molecular weight is 436 g/mol. The average Bonchev–Trinajstić information content (AvgIpc) is 2.96. The number of anilines is 1. The van der Waals surface area contributed by atoms with Crippen LogP contribution in [0.15, 0.2) is 23.4 Å². The summed E-state index contributed by atoms with van der Waals surface area (Å²) < 4.78 is 27.7. The summed E-state index contributed by atoms with van der Waals surface area (Å²) in [6.07, 6.45) is -1.41. The number of halogens is 2. The Morgan fingerprint density at radius 2 is 1.87 bits per heavy atom. The van der Waals surface area contributed by atoms with Gasteiger partial charge in [0, 0.05) is 24.3 Å². The van der Waals surface area contributed by atoms with Crippen molar-refractivity contribution in [2.45, 2.75) is 45.3 Å². The van der Waals surface area contributed by atoms with E-state index in [1.54, 1.807) is 0 Å². The van der Waals surface area contributed by atoms with E-state index < -0.39 is 53.4 Å². The smallest absolute Gasteiger partial charge is 0.238 e. The zero-order valence-corrected chi connectivity index (χ0v) is 17.4. The monoisotopic (exact) mass is 436 g/mol. The van der Waals surface area contributed by atoms with Crippen molar-refractivity contribution in [3.63, 3.8) is 0 Å². The maximum Gasteiger partial charge on any atom is 0.238 e. The quantitative estimate of drug-likeness (QED) is 0.557. The van der Waals surface area contributed by atoms with Gasteiger partial charge in [-0.1, -0.05) is 19.0 Å². The Hall–Kier alpha value is -2.39. The molecule has 168 valence electrons. The third-order valence-corrected chi connectivity index (χ3v) is 6.52. The Bertz CT molecular complexity index is 921. The van der Waals surface area contributed by atoms with Crippen molar-refractivity contribution < 1.29 is 33.4 Å². The van der Waals surface area contributed by atoms with Gasteiger partial charge in [-0.05, 0) is 30.9 Å². The Labute approximate surface area is 178 Å². The predicted octanol–water partition coefficient (Wildman–Crippen LogP) is 2.25. The number of fused-ring (bicyclic) bond motifs is 3. The molecule has 0 aromatic heterocycles. The molecule has 3 fully saturated rings. The number of aliphatic hydroxyl groups excluding tert-OH is 2. The standard InChI is InChI=1S/C22H26F2N2O5/c1-10(2)9-31-25-15-8-17(27)20(28)18-12(15)4-5-13-19(18)22(30)26(21(13)29)16-6-3-11(23)7-14(16)24/h3,6-7,10,12-13,17-20,27-28H,4-5,8-9H2,1-2H3/b25-15+/t12-,13+,17+,18-,19+,20+/m0/s1. The molecule has 6 atom stereocenters. The molecular weight excluding hydrogens is 410 g/mol. The Kier molecular flexibility index (Phi) is 5.83. The third kappa shape index (κ3) is 3.74. The van der Waals surface area contributed by atoms with Crippen molar-refractivity contribution in [1.29, 1.82) is 0 Å². The molecule has 0 radical (unpaired) electrons. The van der Waals surface area contributed by atoms with Crippen molar-refractivity contribution in [3.8, 4) is 0 Å². The summed E-state index contributed by atoms with van der Waals surface area (Å²) in [5.41, 5.74) is 0.260. The van der Waals surface area contributed by atoms with Crippen LogP contribution in [0.1, 0.15) is 33.1 Å². The van der Waals surface area contributed by atoms with Gasteiger partial charge in [0.1, 0.15) is 18.2 Å². The van der Waals surface area contributed by atoms with Crippen molar-refractivity contribution >= 4 is 23.2 Å². The lowest BCUT2D eigenvalue weighted by Crippen LogP contribution is -2.54. The molecule has 31 heavy (non-hydrogen) atoms. The van der Waals surface area contributed by atoms with E-state index in [0.717, 1.165) is 17.0 Å². The number of oxime groups is 1. The summed E-state index contributed by atoms with van der Waals surface area (Å²) in [5, 5.41) is 25.4. The maximum atomic E-state index is 14.4. The number of hydrogen-bond donors (Lipinski definition) is 2. The van der Waals surface area contributed by atoms with E-state index in [0.29, 0.717) is 31.2 Å². The minimum atomic E-state index is -1.23. The van der Waals surface area contributed by atoms with E-state index in [4.69, 9.17) is 4.84 Å². The fraction of sp³-hybridized carbons (Fsp3) is 0.591. The van der Waals surface area contributed by atoms with Crippen LogP contribution in [0, 0.1) is 41.2 Å². The zero-order chi connectivity index (χ0) is 22.4. The van der Waals surface area contributed by atoms with Crippen molar-refractivity contribution in [3.05, 3.63) is 29.8 Å². The highest BCUT2D eigenvalue weighted by Crippen LogP contribution is 2.50. The van der Waals surface area contributed by atoms with Crippen LogP contribution >= 0.6 is 0 Å². The van der Waals surface area contributed by atoms with Crippen LogP contribution in [-0.2, 0) is 14.4 Å². The van der Waals surface area contributed by atoms with Crippen LogP contribution in [0.25, 0.3) is 0 Å². The summed E-state index contributed by atoms with van der Waals surface area (Å²) in [7, 11) is 0. The number of nitrogens with zero attached hydrogens (tertiary/aromatic N) is 2. The number of amides is 2. The molecule has 9 heteroatoms. The number of imide groups is 1. The second kappa shape index (κ2) is 8.27. The molecule has 2 aliphatic carbocycles. The van der Waals surface area contributed by atoms with Crippen LogP contribution in [-0.4, -0.2) is 46.6 Å². The molecule has 3 aliphatic rings. The fourth-order valence-corrected chi connectivity index (χ4v) is 5.14. The van der Waals surface area contributed by atoms with Crippen molar-refractivity contribution in [2.24, 2.45) is 34.7 Å². The Morgan fingerprint density at radius 1 is 1.16 bits per heavy atom. The first kappa shape index (κ1) is 21.8. The van der Waals surface area contributed by atoms with E-state index >= 15 is 0 Å². The number of benzene rings is 1. The zero-order valence-electron chi connectivity index (χ0n) is 17.4. The minimum Gasteiger partial charge on any atom is -0.396 e. The highest BCUT2D eigenvalue weighted by Gasteiger charge is 2.60. The molecule has 1 aliphatic heterocycles. The number of rotatable bonds is 4. The van der Waals surface area contributed by atoms with Crippen molar-refractivity contribution in [1.82, 2.24) is 0 Å². The molecule has 2 N–H and O–H groups in total. The van der Waals surface area contributed by atoms with Crippen LogP contribution < -0.4 is 4.90 Å². The molecule has 0 spiro atoms. The maximum absolute atomic E-state index is 14.4.